The van der Waals surface area contributed by atoms with Gasteiger partial charge in [0.05, 0.1) is 0 Å². The number of hydrogen-bond acceptors (Lipinski definition) is 3. The van der Waals surface area contributed by atoms with Crippen LogP contribution in [0.5, 0.6) is 0 Å². The van der Waals surface area contributed by atoms with E-state index < -0.39 is 10.0 Å². The summed E-state index contributed by atoms with van der Waals surface area (Å²) in [6.07, 6.45) is 0.884. The van der Waals surface area contributed by atoms with E-state index in [2.05, 4.69) is 12.1 Å². The van der Waals surface area contributed by atoms with Crippen molar-refractivity contribution in [1.82, 2.24) is 4.31 Å². The lowest BCUT2D eigenvalue weighted by Gasteiger charge is -2.19. The molecule has 0 amide bonds. The summed E-state index contributed by atoms with van der Waals surface area (Å²) in [7, 11) is -3.33. The van der Waals surface area contributed by atoms with Gasteiger partial charge in [0.15, 0.2) is 0 Å². The molecule has 3 rings (SSSR count). The molecule has 1 saturated heterocycles. The van der Waals surface area contributed by atoms with Crippen molar-refractivity contribution in [2.24, 2.45) is 0 Å². The van der Waals surface area contributed by atoms with Gasteiger partial charge in [-0.25, -0.2) is 8.42 Å². The molecule has 0 radical (unpaired) electrons. The molecule has 2 heterocycles. The van der Waals surface area contributed by atoms with E-state index in [4.69, 9.17) is 0 Å². The molecule has 1 aromatic heterocycles. The van der Waals surface area contributed by atoms with E-state index in [0.29, 0.717) is 16.7 Å². The normalized spacial score (nSPS) is 24.1. The average molecular weight is 307 g/mol. The number of thiophene rings is 1. The minimum Gasteiger partial charge on any atom is -0.206 e. The molecule has 106 valence electrons. The minimum absolute atomic E-state index is 0.0484. The monoisotopic (exact) mass is 307 g/mol. The molecule has 0 spiro atoms. The van der Waals surface area contributed by atoms with Crippen molar-refractivity contribution in [2.75, 3.05) is 6.54 Å². The smallest absolute Gasteiger partial charge is 0.206 e. The van der Waals surface area contributed by atoms with Crippen LogP contribution in [-0.4, -0.2) is 25.3 Å². The first-order valence-corrected chi connectivity index (χ1v) is 9.01. The summed E-state index contributed by atoms with van der Waals surface area (Å²) in [5.41, 5.74) is 1.23. The number of rotatable bonds is 3. The van der Waals surface area contributed by atoms with E-state index in [0.717, 1.165) is 6.42 Å². The van der Waals surface area contributed by atoms with E-state index in [1.165, 1.54) is 16.9 Å². The van der Waals surface area contributed by atoms with Gasteiger partial charge >= 0.3 is 0 Å². The third-order valence-corrected chi connectivity index (χ3v) is 7.20. The summed E-state index contributed by atoms with van der Waals surface area (Å²) in [5.74, 6) is 0.293. The van der Waals surface area contributed by atoms with E-state index >= 15 is 0 Å². The first-order chi connectivity index (χ1) is 9.59. The molecule has 20 heavy (non-hydrogen) atoms. The quantitative estimate of drug-likeness (QED) is 0.872. The Morgan fingerprint density at radius 1 is 1.15 bits per heavy atom. The van der Waals surface area contributed by atoms with E-state index in [1.807, 2.05) is 30.5 Å². The predicted octanol–water partition coefficient (Wildman–Crippen LogP) is 3.31. The van der Waals surface area contributed by atoms with E-state index in [-0.39, 0.29) is 6.04 Å². The summed E-state index contributed by atoms with van der Waals surface area (Å²) >= 11 is 1.29. The second-order valence-electron chi connectivity index (χ2n) is 5.20. The molecule has 1 aliphatic heterocycles. The number of benzene rings is 1. The Hall–Kier alpha value is -1.17. The Bertz CT molecular complexity index is 665. The first-order valence-electron chi connectivity index (χ1n) is 6.69. The van der Waals surface area contributed by atoms with Crippen molar-refractivity contribution < 1.29 is 8.42 Å². The molecule has 2 atom stereocenters. The van der Waals surface area contributed by atoms with Crippen LogP contribution in [0, 0.1) is 0 Å². The molecule has 5 heteroatoms. The van der Waals surface area contributed by atoms with Crippen molar-refractivity contribution in [1.29, 1.82) is 0 Å². The Kier molecular flexibility index (Phi) is 3.67. The van der Waals surface area contributed by atoms with Crippen molar-refractivity contribution >= 4 is 21.4 Å². The predicted molar refractivity (Wildman–Crippen MR) is 81.5 cm³/mol. The highest BCUT2D eigenvalue weighted by Crippen LogP contribution is 2.36. The molecule has 0 N–H and O–H groups in total. The van der Waals surface area contributed by atoms with Crippen molar-refractivity contribution in [3.8, 4) is 0 Å². The van der Waals surface area contributed by atoms with Crippen LogP contribution in [0.4, 0.5) is 0 Å². The maximum Gasteiger partial charge on any atom is 0.252 e. The third kappa shape index (κ3) is 2.41. The fraction of sp³-hybridized carbons (Fsp3) is 0.333. The standard InChI is InChI=1S/C15H17NO2S2/c1-12-10-14(13-6-3-2-4-7-13)11-16(12)20(17,18)15-8-5-9-19-15/h2-9,12,14H,10-11H2,1H3. The second kappa shape index (κ2) is 5.31. The summed E-state index contributed by atoms with van der Waals surface area (Å²) in [6, 6.07) is 13.7. The zero-order valence-electron chi connectivity index (χ0n) is 11.3. The molecule has 1 aromatic carbocycles. The van der Waals surface area contributed by atoms with Crippen LogP contribution in [0.1, 0.15) is 24.8 Å². The lowest BCUT2D eigenvalue weighted by Crippen LogP contribution is -2.33. The Morgan fingerprint density at radius 2 is 1.90 bits per heavy atom. The van der Waals surface area contributed by atoms with Gasteiger partial charge in [0.25, 0.3) is 10.0 Å². The molecule has 3 nitrogen and oxygen atoms in total. The van der Waals surface area contributed by atoms with Crippen LogP contribution in [0.3, 0.4) is 0 Å². The molecule has 1 fully saturated rings. The zero-order valence-corrected chi connectivity index (χ0v) is 12.9. The van der Waals surface area contributed by atoms with Gasteiger partial charge in [-0.15, -0.1) is 11.3 Å². The Balaban J connectivity index is 1.87. The van der Waals surface area contributed by atoms with Crippen molar-refractivity contribution in [3.05, 3.63) is 53.4 Å². The molecule has 0 bridgehead atoms. The largest absolute Gasteiger partial charge is 0.252 e. The third-order valence-electron chi connectivity index (χ3n) is 3.85. The lowest BCUT2D eigenvalue weighted by molar-refractivity contribution is 0.408. The van der Waals surface area contributed by atoms with Gasteiger partial charge in [-0.1, -0.05) is 36.4 Å². The summed E-state index contributed by atoms with van der Waals surface area (Å²) in [6.45, 7) is 2.57. The highest BCUT2D eigenvalue weighted by atomic mass is 32.2. The van der Waals surface area contributed by atoms with Gasteiger partial charge in [-0.05, 0) is 36.3 Å². The van der Waals surface area contributed by atoms with Crippen LogP contribution in [-0.2, 0) is 10.0 Å². The summed E-state index contributed by atoms with van der Waals surface area (Å²) in [5, 5.41) is 1.81. The van der Waals surface area contributed by atoms with Crippen LogP contribution in [0.2, 0.25) is 0 Å². The fourth-order valence-electron chi connectivity index (χ4n) is 2.83. The first kappa shape index (κ1) is 13.8. The number of sulfonamides is 1. The summed E-state index contributed by atoms with van der Waals surface area (Å²) < 4.78 is 27.3. The number of hydrogen-bond donors (Lipinski definition) is 0. The molecular formula is C15H17NO2S2. The minimum atomic E-state index is -3.33. The van der Waals surface area contributed by atoms with Gasteiger partial charge in [0.1, 0.15) is 4.21 Å². The van der Waals surface area contributed by atoms with Crippen molar-refractivity contribution in [3.63, 3.8) is 0 Å². The van der Waals surface area contributed by atoms with Crippen LogP contribution < -0.4 is 0 Å². The maximum absolute atomic E-state index is 12.6. The molecule has 2 aromatic rings. The van der Waals surface area contributed by atoms with Gasteiger partial charge in [-0.2, -0.15) is 4.31 Å². The highest BCUT2D eigenvalue weighted by molar-refractivity contribution is 7.91. The van der Waals surface area contributed by atoms with E-state index in [1.54, 1.807) is 16.4 Å². The Labute approximate surface area is 123 Å². The van der Waals surface area contributed by atoms with Gasteiger partial charge < -0.3 is 0 Å². The number of nitrogens with zero attached hydrogens (tertiary/aromatic N) is 1. The van der Waals surface area contributed by atoms with Gasteiger partial charge in [-0.3, -0.25) is 0 Å². The van der Waals surface area contributed by atoms with Crippen LogP contribution >= 0.6 is 11.3 Å². The second-order valence-corrected chi connectivity index (χ2v) is 8.26. The fourth-order valence-corrected chi connectivity index (χ4v) is 5.63. The molecular weight excluding hydrogens is 290 g/mol. The SMILES string of the molecule is CC1CC(c2ccccc2)CN1S(=O)(=O)c1cccs1. The molecule has 0 saturated carbocycles. The molecule has 0 aliphatic carbocycles. The van der Waals surface area contributed by atoms with Crippen LogP contribution in [0.15, 0.2) is 52.1 Å². The molecule has 2 unspecified atom stereocenters. The average Bonchev–Trinajstić information content (AvgIpc) is 3.09. The van der Waals surface area contributed by atoms with Crippen LogP contribution in [0.25, 0.3) is 0 Å². The van der Waals surface area contributed by atoms with Crippen molar-refractivity contribution in [2.45, 2.75) is 29.5 Å². The maximum atomic E-state index is 12.6. The topological polar surface area (TPSA) is 37.4 Å². The van der Waals surface area contributed by atoms with Gasteiger partial charge in [0, 0.05) is 12.6 Å². The highest BCUT2D eigenvalue weighted by Gasteiger charge is 2.38. The summed E-state index contributed by atoms with van der Waals surface area (Å²) in [4.78, 5) is 0. The molecule has 1 aliphatic rings. The van der Waals surface area contributed by atoms with Gasteiger partial charge in [0.2, 0.25) is 0 Å². The van der Waals surface area contributed by atoms with E-state index in [9.17, 15) is 8.42 Å². The lowest BCUT2D eigenvalue weighted by atomic mass is 9.97. The Morgan fingerprint density at radius 3 is 2.55 bits per heavy atom. The zero-order chi connectivity index (χ0) is 14.2.